The van der Waals surface area contributed by atoms with Gasteiger partial charge in [0.05, 0.1) is 12.2 Å². The second-order valence-electron chi connectivity index (χ2n) is 4.93. The van der Waals surface area contributed by atoms with Gasteiger partial charge in [-0.1, -0.05) is 24.3 Å². The van der Waals surface area contributed by atoms with Crippen molar-refractivity contribution in [1.82, 2.24) is 14.8 Å². The lowest BCUT2D eigenvalue weighted by Gasteiger charge is -2.16. The van der Waals surface area contributed by atoms with Gasteiger partial charge in [-0.05, 0) is 17.5 Å². The van der Waals surface area contributed by atoms with Crippen LogP contribution in [0.2, 0.25) is 0 Å². The molecule has 0 N–H and O–H groups in total. The molecule has 0 spiro atoms. The average Bonchev–Trinajstić information content (AvgIpc) is 2.98. The quantitative estimate of drug-likeness (QED) is 0.712. The Morgan fingerprint density at radius 1 is 1.15 bits per heavy atom. The fourth-order valence-corrected chi connectivity index (χ4v) is 2.73. The molecule has 1 aliphatic heterocycles. The molecule has 3 aromatic rings. The number of carbonyl (C=O) groups excluding carboxylic acids is 1. The fourth-order valence-electron chi connectivity index (χ4n) is 2.73. The molecule has 4 rings (SSSR count). The van der Waals surface area contributed by atoms with Crippen LogP contribution in [0.15, 0.2) is 42.7 Å². The molecule has 0 unspecified atom stereocenters. The first-order valence-corrected chi connectivity index (χ1v) is 6.42. The van der Waals surface area contributed by atoms with E-state index in [1.165, 1.54) is 0 Å². The molecular formula is C15H12N4O. The normalized spacial score (nSPS) is 13.4. The van der Waals surface area contributed by atoms with Crippen molar-refractivity contribution in [3.63, 3.8) is 0 Å². The molecule has 0 atom stereocenters. The van der Waals surface area contributed by atoms with Gasteiger partial charge in [0.25, 0.3) is 5.91 Å². The van der Waals surface area contributed by atoms with Crippen LogP contribution in [0.3, 0.4) is 0 Å². The lowest BCUT2D eigenvalue weighted by molar-refractivity contribution is 0.0990. The van der Waals surface area contributed by atoms with E-state index in [-0.39, 0.29) is 5.91 Å². The van der Waals surface area contributed by atoms with E-state index in [1.807, 2.05) is 48.0 Å². The van der Waals surface area contributed by atoms with E-state index >= 15 is 0 Å². The SMILES string of the molecule is Cn1cnnc1CN1C(=O)c2cccc3cccc1c23. The molecule has 5 heteroatoms. The third-order valence-electron chi connectivity index (χ3n) is 3.75. The largest absolute Gasteiger partial charge is 0.319 e. The van der Waals surface area contributed by atoms with Crippen LogP contribution in [0.5, 0.6) is 0 Å². The van der Waals surface area contributed by atoms with E-state index in [4.69, 9.17) is 0 Å². The molecule has 1 aliphatic rings. The number of aryl methyl sites for hydroxylation is 1. The third kappa shape index (κ3) is 1.40. The molecule has 5 nitrogen and oxygen atoms in total. The first-order valence-electron chi connectivity index (χ1n) is 6.42. The van der Waals surface area contributed by atoms with Gasteiger partial charge >= 0.3 is 0 Å². The van der Waals surface area contributed by atoms with Gasteiger partial charge in [-0.15, -0.1) is 10.2 Å². The minimum Gasteiger partial charge on any atom is -0.319 e. The summed E-state index contributed by atoms with van der Waals surface area (Å²) in [6, 6.07) is 11.8. The molecular weight excluding hydrogens is 252 g/mol. The smallest absolute Gasteiger partial charge is 0.259 e. The van der Waals surface area contributed by atoms with Gasteiger partial charge < -0.3 is 9.47 Å². The molecule has 0 radical (unpaired) electrons. The van der Waals surface area contributed by atoms with Crippen LogP contribution in [-0.2, 0) is 13.6 Å². The minimum atomic E-state index is 0.0276. The summed E-state index contributed by atoms with van der Waals surface area (Å²) in [5.74, 6) is 0.794. The molecule has 20 heavy (non-hydrogen) atoms. The van der Waals surface area contributed by atoms with Crippen molar-refractivity contribution in [1.29, 1.82) is 0 Å². The Morgan fingerprint density at radius 2 is 1.95 bits per heavy atom. The van der Waals surface area contributed by atoms with E-state index in [1.54, 1.807) is 11.2 Å². The van der Waals surface area contributed by atoms with Gasteiger partial charge in [0.2, 0.25) is 0 Å². The Kier molecular flexibility index (Phi) is 2.18. The van der Waals surface area contributed by atoms with Gasteiger partial charge in [-0.3, -0.25) is 4.79 Å². The number of benzene rings is 2. The maximum absolute atomic E-state index is 12.6. The Morgan fingerprint density at radius 3 is 2.70 bits per heavy atom. The van der Waals surface area contributed by atoms with Crippen molar-refractivity contribution in [2.24, 2.45) is 7.05 Å². The molecule has 98 valence electrons. The van der Waals surface area contributed by atoms with Crippen molar-refractivity contribution in [2.45, 2.75) is 6.54 Å². The number of amides is 1. The molecule has 0 bridgehead atoms. The van der Waals surface area contributed by atoms with Gasteiger partial charge in [0.1, 0.15) is 6.33 Å². The van der Waals surface area contributed by atoms with Crippen LogP contribution in [0.1, 0.15) is 16.2 Å². The molecule has 0 aliphatic carbocycles. The van der Waals surface area contributed by atoms with Gasteiger partial charge in [0, 0.05) is 18.0 Å². The monoisotopic (exact) mass is 264 g/mol. The number of aromatic nitrogens is 3. The Balaban J connectivity index is 1.87. The summed E-state index contributed by atoms with van der Waals surface area (Å²) in [6.45, 7) is 0.434. The summed E-state index contributed by atoms with van der Waals surface area (Å²) in [7, 11) is 1.88. The zero-order valence-electron chi connectivity index (χ0n) is 10.9. The molecule has 1 amide bonds. The number of carbonyl (C=O) groups is 1. The highest BCUT2D eigenvalue weighted by molar-refractivity contribution is 6.24. The Bertz CT molecular complexity index is 832. The summed E-state index contributed by atoms with van der Waals surface area (Å²) in [5, 5.41) is 10.0. The third-order valence-corrected chi connectivity index (χ3v) is 3.75. The van der Waals surface area contributed by atoms with E-state index in [0.717, 1.165) is 27.8 Å². The Hall–Kier alpha value is -2.69. The predicted molar refractivity (Wildman–Crippen MR) is 75.5 cm³/mol. The fraction of sp³-hybridized carbons (Fsp3) is 0.133. The summed E-state index contributed by atoms with van der Waals surface area (Å²) < 4.78 is 1.83. The van der Waals surface area contributed by atoms with Crippen molar-refractivity contribution in [2.75, 3.05) is 4.90 Å². The van der Waals surface area contributed by atoms with E-state index in [0.29, 0.717) is 6.54 Å². The van der Waals surface area contributed by atoms with E-state index in [2.05, 4.69) is 10.2 Å². The van der Waals surface area contributed by atoms with Crippen LogP contribution >= 0.6 is 0 Å². The highest BCUT2D eigenvalue weighted by Crippen LogP contribution is 2.37. The zero-order valence-corrected chi connectivity index (χ0v) is 10.9. The summed E-state index contributed by atoms with van der Waals surface area (Å²) >= 11 is 0. The van der Waals surface area contributed by atoms with Crippen LogP contribution in [0.4, 0.5) is 5.69 Å². The summed E-state index contributed by atoms with van der Waals surface area (Å²) in [6.07, 6.45) is 1.64. The van der Waals surface area contributed by atoms with Gasteiger partial charge in [-0.2, -0.15) is 0 Å². The number of hydrogen-bond acceptors (Lipinski definition) is 3. The second-order valence-corrected chi connectivity index (χ2v) is 4.93. The standard InChI is InChI=1S/C15H12N4O/c1-18-9-16-17-13(18)8-19-12-7-3-5-10-4-2-6-11(14(10)12)15(19)20/h2-7,9H,8H2,1H3. The first kappa shape index (κ1) is 11.2. The van der Waals surface area contributed by atoms with Crippen molar-refractivity contribution in [3.8, 4) is 0 Å². The van der Waals surface area contributed by atoms with Crippen LogP contribution in [0.25, 0.3) is 10.8 Å². The molecule has 0 fully saturated rings. The van der Waals surface area contributed by atoms with Gasteiger partial charge in [0.15, 0.2) is 5.82 Å². The average molecular weight is 264 g/mol. The number of anilines is 1. The lowest BCUT2D eigenvalue weighted by atomic mass is 10.1. The second kappa shape index (κ2) is 3.90. The predicted octanol–water partition coefficient (Wildman–Crippen LogP) is 2.13. The molecule has 2 heterocycles. The molecule has 0 saturated heterocycles. The van der Waals surface area contributed by atoms with E-state index < -0.39 is 0 Å². The number of hydrogen-bond donors (Lipinski definition) is 0. The molecule has 1 aromatic heterocycles. The summed E-state index contributed by atoms with van der Waals surface area (Å²) in [4.78, 5) is 14.3. The van der Waals surface area contributed by atoms with Crippen LogP contribution < -0.4 is 4.90 Å². The topological polar surface area (TPSA) is 51.0 Å². The number of nitrogens with zero attached hydrogens (tertiary/aromatic N) is 4. The number of rotatable bonds is 2. The molecule has 0 saturated carbocycles. The first-order chi connectivity index (χ1) is 9.75. The van der Waals surface area contributed by atoms with Crippen LogP contribution in [0, 0.1) is 0 Å². The Labute approximate surface area is 115 Å². The zero-order chi connectivity index (χ0) is 13.7. The van der Waals surface area contributed by atoms with Crippen molar-refractivity contribution < 1.29 is 4.79 Å². The van der Waals surface area contributed by atoms with Crippen LogP contribution in [-0.4, -0.2) is 20.7 Å². The summed E-state index contributed by atoms with van der Waals surface area (Å²) in [5.41, 5.74) is 1.71. The van der Waals surface area contributed by atoms with Crippen molar-refractivity contribution in [3.05, 3.63) is 54.1 Å². The maximum Gasteiger partial charge on any atom is 0.259 e. The molecule has 2 aromatic carbocycles. The van der Waals surface area contributed by atoms with E-state index in [9.17, 15) is 4.79 Å². The highest BCUT2D eigenvalue weighted by atomic mass is 16.2. The van der Waals surface area contributed by atoms with Gasteiger partial charge in [-0.25, -0.2) is 0 Å². The minimum absolute atomic E-state index is 0.0276. The van der Waals surface area contributed by atoms with Crippen molar-refractivity contribution >= 4 is 22.4 Å². The maximum atomic E-state index is 12.6. The highest BCUT2D eigenvalue weighted by Gasteiger charge is 2.30. The lowest BCUT2D eigenvalue weighted by Crippen LogP contribution is -2.27.